The largest absolute Gasteiger partial charge is 0.458 e. The zero-order valence-corrected chi connectivity index (χ0v) is 11.2. The highest BCUT2D eigenvalue weighted by molar-refractivity contribution is 5.87. The second-order valence-corrected chi connectivity index (χ2v) is 5.95. The van der Waals surface area contributed by atoms with Crippen molar-refractivity contribution in [1.29, 1.82) is 0 Å². The number of aliphatic hydroxyl groups excluding tert-OH is 1. The summed E-state index contributed by atoms with van der Waals surface area (Å²) < 4.78 is 5.65. The molecule has 2 aliphatic carbocycles. The van der Waals surface area contributed by atoms with Gasteiger partial charge in [0.2, 0.25) is 0 Å². The van der Waals surface area contributed by atoms with E-state index in [1.807, 2.05) is 0 Å². The molecule has 102 valence electrons. The summed E-state index contributed by atoms with van der Waals surface area (Å²) >= 11 is 0. The van der Waals surface area contributed by atoms with Crippen molar-refractivity contribution >= 4 is 5.97 Å². The van der Waals surface area contributed by atoms with Gasteiger partial charge in [0.25, 0.3) is 0 Å². The molecule has 0 aliphatic heterocycles. The number of hydrogen-bond donors (Lipinski definition) is 1. The SMILES string of the molecule is C=C(C)C(=O)OC1C(CCO)CC2CCCC1C2. The van der Waals surface area contributed by atoms with Gasteiger partial charge < -0.3 is 9.84 Å². The molecule has 2 fully saturated rings. The number of aliphatic hydroxyl groups is 1. The first-order chi connectivity index (χ1) is 8.61. The van der Waals surface area contributed by atoms with Gasteiger partial charge in [0, 0.05) is 12.2 Å². The molecule has 4 atom stereocenters. The molecule has 2 rings (SSSR count). The maximum atomic E-state index is 11.7. The standard InChI is InChI=1S/C15H24O3/c1-10(2)15(17)18-14-12-5-3-4-11(8-12)9-13(14)6-7-16/h11-14,16H,1,3-9H2,2H3. The highest BCUT2D eigenvalue weighted by Gasteiger charge is 2.41. The van der Waals surface area contributed by atoms with Crippen molar-refractivity contribution in [3.05, 3.63) is 12.2 Å². The second-order valence-electron chi connectivity index (χ2n) is 5.95. The fourth-order valence-corrected chi connectivity index (χ4v) is 3.66. The van der Waals surface area contributed by atoms with E-state index in [4.69, 9.17) is 4.74 Å². The second kappa shape index (κ2) is 5.87. The van der Waals surface area contributed by atoms with E-state index in [0.29, 0.717) is 17.4 Å². The number of carbonyl (C=O) groups is 1. The Labute approximate surface area is 109 Å². The monoisotopic (exact) mass is 252 g/mol. The molecule has 2 saturated carbocycles. The summed E-state index contributed by atoms with van der Waals surface area (Å²) in [6.07, 6.45) is 6.76. The number of carbonyl (C=O) groups excluding carboxylic acids is 1. The lowest BCUT2D eigenvalue weighted by molar-refractivity contribution is -0.156. The molecule has 3 heteroatoms. The van der Waals surface area contributed by atoms with Gasteiger partial charge in [-0.05, 0) is 50.4 Å². The van der Waals surface area contributed by atoms with Crippen LogP contribution in [-0.2, 0) is 9.53 Å². The minimum absolute atomic E-state index is 0.00194. The van der Waals surface area contributed by atoms with Gasteiger partial charge >= 0.3 is 5.97 Å². The van der Waals surface area contributed by atoms with Gasteiger partial charge in [-0.1, -0.05) is 19.4 Å². The van der Waals surface area contributed by atoms with Crippen molar-refractivity contribution in [2.45, 2.75) is 51.6 Å². The Bertz CT molecular complexity index is 324. The molecular weight excluding hydrogens is 228 g/mol. The molecule has 0 aromatic carbocycles. The average Bonchev–Trinajstić information content (AvgIpc) is 2.34. The third-order valence-electron chi connectivity index (χ3n) is 4.48. The van der Waals surface area contributed by atoms with Gasteiger partial charge in [-0.2, -0.15) is 0 Å². The molecule has 0 heterocycles. The topological polar surface area (TPSA) is 46.5 Å². The van der Waals surface area contributed by atoms with Crippen LogP contribution in [0.15, 0.2) is 12.2 Å². The van der Waals surface area contributed by atoms with Crippen LogP contribution in [0.25, 0.3) is 0 Å². The summed E-state index contributed by atoms with van der Waals surface area (Å²) in [5.41, 5.74) is 0.468. The van der Waals surface area contributed by atoms with Crippen molar-refractivity contribution in [2.75, 3.05) is 6.61 Å². The minimum Gasteiger partial charge on any atom is -0.458 e. The molecule has 0 aromatic rings. The van der Waals surface area contributed by atoms with Crippen LogP contribution in [0.5, 0.6) is 0 Å². The zero-order valence-electron chi connectivity index (χ0n) is 11.2. The molecule has 0 amide bonds. The van der Waals surface area contributed by atoms with E-state index in [9.17, 15) is 9.90 Å². The molecule has 0 saturated heterocycles. The Morgan fingerprint density at radius 1 is 1.39 bits per heavy atom. The third kappa shape index (κ3) is 2.94. The van der Waals surface area contributed by atoms with Crippen molar-refractivity contribution in [3.8, 4) is 0 Å². The van der Waals surface area contributed by atoms with Gasteiger partial charge in [-0.25, -0.2) is 4.79 Å². The minimum atomic E-state index is -0.271. The molecule has 0 spiro atoms. The Balaban J connectivity index is 2.06. The molecule has 2 aliphatic rings. The van der Waals surface area contributed by atoms with Crippen LogP contribution < -0.4 is 0 Å². The number of fused-ring (bicyclic) bond motifs is 2. The molecule has 1 N–H and O–H groups in total. The zero-order chi connectivity index (χ0) is 13.1. The van der Waals surface area contributed by atoms with E-state index >= 15 is 0 Å². The van der Waals surface area contributed by atoms with Gasteiger partial charge in [-0.3, -0.25) is 0 Å². The number of esters is 1. The lowest BCUT2D eigenvalue weighted by Gasteiger charge is -2.44. The van der Waals surface area contributed by atoms with E-state index in [1.165, 1.54) is 19.3 Å². The number of ether oxygens (including phenoxy) is 1. The first-order valence-corrected chi connectivity index (χ1v) is 7.09. The van der Waals surface area contributed by atoms with E-state index in [1.54, 1.807) is 6.92 Å². The van der Waals surface area contributed by atoms with Crippen molar-refractivity contribution in [3.63, 3.8) is 0 Å². The van der Waals surface area contributed by atoms with E-state index in [0.717, 1.165) is 25.2 Å². The van der Waals surface area contributed by atoms with Gasteiger partial charge in [-0.15, -0.1) is 0 Å². The van der Waals surface area contributed by atoms with E-state index in [2.05, 4.69) is 6.58 Å². The van der Waals surface area contributed by atoms with Crippen molar-refractivity contribution < 1.29 is 14.6 Å². The van der Waals surface area contributed by atoms with Crippen molar-refractivity contribution in [1.82, 2.24) is 0 Å². The quantitative estimate of drug-likeness (QED) is 0.618. The fourth-order valence-electron chi connectivity index (χ4n) is 3.66. The molecular formula is C15H24O3. The molecule has 4 unspecified atom stereocenters. The van der Waals surface area contributed by atoms with Crippen LogP contribution in [0.2, 0.25) is 0 Å². The van der Waals surface area contributed by atoms with Crippen molar-refractivity contribution in [2.24, 2.45) is 17.8 Å². The van der Waals surface area contributed by atoms with Crippen LogP contribution in [-0.4, -0.2) is 23.8 Å². The average molecular weight is 252 g/mol. The summed E-state index contributed by atoms with van der Waals surface area (Å²) in [5, 5.41) is 9.18. The van der Waals surface area contributed by atoms with Crippen LogP contribution in [0.3, 0.4) is 0 Å². The Morgan fingerprint density at radius 3 is 2.83 bits per heavy atom. The first kappa shape index (κ1) is 13.6. The third-order valence-corrected chi connectivity index (χ3v) is 4.48. The Kier molecular flexibility index (Phi) is 4.44. The van der Waals surface area contributed by atoms with Crippen LogP contribution in [0, 0.1) is 17.8 Å². The smallest absolute Gasteiger partial charge is 0.333 e. The highest BCUT2D eigenvalue weighted by Crippen LogP contribution is 2.45. The lowest BCUT2D eigenvalue weighted by atomic mass is 9.65. The fraction of sp³-hybridized carbons (Fsp3) is 0.800. The van der Waals surface area contributed by atoms with E-state index in [-0.39, 0.29) is 18.7 Å². The highest BCUT2D eigenvalue weighted by atomic mass is 16.5. The molecule has 3 nitrogen and oxygen atoms in total. The maximum Gasteiger partial charge on any atom is 0.333 e. The summed E-state index contributed by atoms with van der Waals surface area (Å²) in [5.74, 6) is 1.34. The molecule has 0 radical (unpaired) electrons. The van der Waals surface area contributed by atoms with Gasteiger partial charge in [0.05, 0.1) is 0 Å². The van der Waals surface area contributed by atoms with Crippen LogP contribution in [0.1, 0.15) is 45.4 Å². The Hall–Kier alpha value is -0.830. The lowest BCUT2D eigenvalue weighted by Crippen LogP contribution is -2.43. The predicted octanol–water partition coefficient (Wildman–Crippen LogP) is 2.68. The number of hydrogen-bond acceptors (Lipinski definition) is 3. The predicted molar refractivity (Wildman–Crippen MR) is 70.0 cm³/mol. The molecule has 0 aromatic heterocycles. The Morgan fingerprint density at radius 2 is 2.17 bits per heavy atom. The van der Waals surface area contributed by atoms with E-state index < -0.39 is 0 Å². The van der Waals surface area contributed by atoms with Gasteiger partial charge in [0.15, 0.2) is 0 Å². The van der Waals surface area contributed by atoms with Crippen LogP contribution in [0.4, 0.5) is 0 Å². The van der Waals surface area contributed by atoms with Gasteiger partial charge in [0.1, 0.15) is 6.10 Å². The van der Waals surface area contributed by atoms with Crippen LogP contribution >= 0.6 is 0 Å². The molecule has 18 heavy (non-hydrogen) atoms. The summed E-state index contributed by atoms with van der Waals surface area (Å²) in [6.45, 7) is 5.52. The summed E-state index contributed by atoms with van der Waals surface area (Å²) in [6, 6.07) is 0. The number of rotatable bonds is 4. The normalized spacial score (nSPS) is 35.0. The summed E-state index contributed by atoms with van der Waals surface area (Å²) in [7, 11) is 0. The maximum absolute atomic E-state index is 11.7. The molecule has 2 bridgehead atoms. The first-order valence-electron chi connectivity index (χ1n) is 7.09. The summed E-state index contributed by atoms with van der Waals surface area (Å²) in [4.78, 5) is 11.7.